The number of hydrogen-bond donors (Lipinski definition) is 2. The Morgan fingerprint density at radius 3 is 1.86 bits per heavy atom. The highest BCUT2D eigenvalue weighted by Crippen LogP contribution is 2.10. The average molecular weight is 397 g/mol. The van der Waals surface area contributed by atoms with E-state index < -0.39 is 0 Å². The quantitative estimate of drug-likeness (QED) is 0.188. The largest absolute Gasteiger partial charge is 0.450 e. The first kappa shape index (κ1) is 27.0. The minimum Gasteiger partial charge on any atom is -0.450 e. The normalized spacial score (nSPS) is 12.6. The minimum absolute atomic E-state index is 0.00709. The van der Waals surface area contributed by atoms with E-state index in [1.165, 1.54) is 77.0 Å². The number of carbonyl (C=O) groups excluding carboxylic acids is 1. The molecule has 0 saturated carbocycles. The van der Waals surface area contributed by atoms with Crippen LogP contribution in [0.3, 0.4) is 0 Å². The van der Waals surface area contributed by atoms with Crippen LogP contribution in [0.25, 0.3) is 0 Å². The predicted molar refractivity (Wildman–Crippen MR) is 122 cm³/mol. The summed E-state index contributed by atoms with van der Waals surface area (Å²) in [6, 6.07) is -0.00709. The van der Waals surface area contributed by atoms with Crippen molar-refractivity contribution in [3.63, 3.8) is 0 Å². The van der Waals surface area contributed by atoms with Gasteiger partial charge in [0.1, 0.15) is 0 Å². The molecule has 28 heavy (non-hydrogen) atoms. The van der Waals surface area contributed by atoms with E-state index in [9.17, 15) is 4.79 Å². The smallest absolute Gasteiger partial charge is 0.407 e. The highest BCUT2D eigenvalue weighted by Gasteiger charge is 2.14. The van der Waals surface area contributed by atoms with Crippen molar-refractivity contribution in [3.8, 4) is 0 Å². The SMILES string of the molecule is CCCCCCCC/C=C\CCCCCCCCOC(=O)N[C@@H](CN)C(C)C. The number of amides is 1. The van der Waals surface area contributed by atoms with Crippen LogP contribution in [-0.4, -0.2) is 25.3 Å². The van der Waals surface area contributed by atoms with Crippen molar-refractivity contribution in [2.75, 3.05) is 13.2 Å². The molecule has 1 amide bonds. The third kappa shape index (κ3) is 18.3. The molecule has 0 saturated heterocycles. The Balaban J connectivity index is 3.31. The lowest BCUT2D eigenvalue weighted by Crippen LogP contribution is -2.43. The third-order valence-corrected chi connectivity index (χ3v) is 5.25. The Labute approximate surface area is 175 Å². The van der Waals surface area contributed by atoms with Crippen LogP contribution in [-0.2, 0) is 4.74 Å². The van der Waals surface area contributed by atoms with Gasteiger partial charge in [0.25, 0.3) is 0 Å². The van der Waals surface area contributed by atoms with Crippen molar-refractivity contribution in [1.82, 2.24) is 5.32 Å². The zero-order valence-electron chi connectivity index (χ0n) is 19.0. The van der Waals surface area contributed by atoms with E-state index in [1.54, 1.807) is 0 Å². The van der Waals surface area contributed by atoms with Gasteiger partial charge in [0.2, 0.25) is 0 Å². The molecule has 0 aliphatic heterocycles. The van der Waals surface area contributed by atoms with Gasteiger partial charge in [-0.15, -0.1) is 0 Å². The van der Waals surface area contributed by atoms with Crippen LogP contribution in [0.5, 0.6) is 0 Å². The van der Waals surface area contributed by atoms with Crippen molar-refractivity contribution in [2.24, 2.45) is 11.7 Å². The second-order valence-corrected chi connectivity index (χ2v) is 8.30. The monoisotopic (exact) mass is 396 g/mol. The van der Waals surface area contributed by atoms with Gasteiger partial charge in [-0.1, -0.05) is 90.7 Å². The number of hydrogen-bond acceptors (Lipinski definition) is 3. The fourth-order valence-corrected chi connectivity index (χ4v) is 3.21. The van der Waals surface area contributed by atoms with E-state index in [0.717, 1.165) is 12.8 Å². The summed E-state index contributed by atoms with van der Waals surface area (Å²) >= 11 is 0. The summed E-state index contributed by atoms with van der Waals surface area (Å²) in [6.07, 6.45) is 22.3. The molecule has 0 fully saturated rings. The van der Waals surface area contributed by atoms with Gasteiger partial charge >= 0.3 is 6.09 Å². The summed E-state index contributed by atoms with van der Waals surface area (Å²) in [6.45, 7) is 7.31. The van der Waals surface area contributed by atoms with E-state index in [1.807, 2.05) is 13.8 Å². The van der Waals surface area contributed by atoms with Crippen LogP contribution in [0.15, 0.2) is 12.2 Å². The lowest BCUT2D eigenvalue weighted by Gasteiger charge is -2.20. The van der Waals surface area contributed by atoms with Gasteiger partial charge < -0.3 is 15.8 Å². The minimum atomic E-state index is -0.336. The topological polar surface area (TPSA) is 64.3 Å². The molecule has 0 unspecified atom stereocenters. The van der Waals surface area contributed by atoms with Crippen molar-refractivity contribution < 1.29 is 9.53 Å². The second kappa shape index (κ2) is 20.7. The van der Waals surface area contributed by atoms with E-state index >= 15 is 0 Å². The van der Waals surface area contributed by atoms with Gasteiger partial charge in [0, 0.05) is 12.6 Å². The molecule has 0 aromatic rings. The lowest BCUT2D eigenvalue weighted by atomic mass is 10.1. The van der Waals surface area contributed by atoms with Crippen molar-refractivity contribution in [3.05, 3.63) is 12.2 Å². The molecule has 1 atom stereocenters. The number of nitrogens with two attached hydrogens (primary N) is 1. The number of ether oxygens (including phenoxy) is 1. The van der Waals surface area contributed by atoms with Crippen LogP contribution >= 0.6 is 0 Å². The lowest BCUT2D eigenvalue weighted by molar-refractivity contribution is 0.137. The number of rotatable bonds is 19. The Hall–Kier alpha value is -1.03. The third-order valence-electron chi connectivity index (χ3n) is 5.25. The molecule has 0 aromatic heterocycles. The Morgan fingerprint density at radius 2 is 1.36 bits per heavy atom. The molecular weight excluding hydrogens is 348 g/mol. The van der Waals surface area contributed by atoms with E-state index in [-0.39, 0.29) is 12.1 Å². The average Bonchev–Trinajstić information content (AvgIpc) is 2.68. The molecule has 166 valence electrons. The molecule has 0 aliphatic rings. The molecule has 0 rings (SSSR count). The number of allylic oxidation sites excluding steroid dienone is 2. The first-order valence-electron chi connectivity index (χ1n) is 11.9. The molecule has 0 heterocycles. The fourth-order valence-electron chi connectivity index (χ4n) is 3.21. The number of alkyl carbamates (subject to hydrolysis) is 1. The van der Waals surface area contributed by atoms with E-state index in [0.29, 0.717) is 19.1 Å². The van der Waals surface area contributed by atoms with E-state index in [4.69, 9.17) is 10.5 Å². The maximum absolute atomic E-state index is 11.7. The van der Waals surface area contributed by atoms with Crippen molar-refractivity contribution in [1.29, 1.82) is 0 Å². The fraction of sp³-hybridized carbons (Fsp3) is 0.875. The van der Waals surface area contributed by atoms with Crippen LogP contribution in [0.1, 0.15) is 111 Å². The Morgan fingerprint density at radius 1 is 0.857 bits per heavy atom. The maximum atomic E-state index is 11.7. The van der Waals surface area contributed by atoms with E-state index in [2.05, 4.69) is 24.4 Å². The summed E-state index contributed by atoms with van der Waals surface area (Å²) in [7, 11) is 0. The van der Waals surface area contributed by atoms with Crippen molar-refractivity contribution in [2.45, 2.75) is 117 Å². The summed E-state index contributed by atoms with van der Waals surface area (Å²) in [4.78, 5) is 11.7. The van der Waals surface area contributed by atoms with Gasteiger partial charge in [-0.25, -0.2) is 4.79 Å². The molecule has 4 heteroatoms. The first-order valence-corrected chi connectivity index (χ1v) is 11.9. The molecule has 3 N–H and O–H groups in total. The number of carbonyl (C=O) groups is 1. The molecular formula is C24H48N2O2. The first-order chi connectivity index (χ1) is 13.6. The molecule has 0 aromatic carbocycles. The van der Waals surface area contributed by atoms with Crippen LogP contribution in [0.2, 0.25) is 0 Å². The number of nitrogens with one attached hydrogen (secondary N) is 1. The number of unbranched alkanes of at least 4 members (excludes halogenated alkanes) is 12. The highest BCUT2D eigenvalue weighted by molar-refractivity contribution is 5.67. The van der Waals surface area contributed by atoms with Gasteiger partial charge in [-0.05, 0) is 38.0 Å². The molecule has 0 spiro atoms. The predicted octanol–water partition coefficient (Wildman–Crippen LogP) is 6.73. The second-order valence-electron chi connectivity index (χ2n) is 8.30. The summed E-state index contributed by atoms with van der Waals surface area (Å²) in [5.74, 6) is 0.322. The zero-order chi connectivity index (χ0) is 20.9. The summed E-state index contributed by atoms with van der Waals surface area (Å²) < 4.78 is 5.23. The highest BCUT2D eigenvalue weighted by atomic mass is 16.5. The Bertz CT molecular complexity index is 370. The Kier molecular flexibility index (Phi) is 19.9. The maximum Gasteiger partial charge on any atom is 0.407 e. The van der Waals surface area contributed by atoms with Gasteiger partial charge in [-0.3, -0.25) is 0 Å². The molecule has 0 radical (unpaired) electrons. The van der Waals surface area contributed by atoms with Gasteiger partial charge in [-0.2, -0.15) is 0 Å². The molecule has 0 aliphatic carbocycles. The standard InChI is InChI=1S/C24H48N2O2/c1-4-5-6-7-8-9-10-11-12-13-14-15-16-17-18-19-20-28-24(27)26-23(21-25)22(2)3/h11-12,22-23H,4-10,13-21,25H2,1-3H3,(H,26,27)/b12-11-/t23-/m0/s1. The van der Waals surface area contributed by atoms with Gasteiger partial charge in [0.05, 0.1) is 6.61 Å². The molecule has 0 bridgehead atoms. The van der Waals surface area contributed by atoms with Gasteiger partial charge in [0.15, 0.2) is 0 Å². The van der Waals surface area contributed by atoms with Crippen LogP contribution < -0.4 is 11.1 Å². The van der Waals surface area contributed by atoms with Crippen LogP contribution in [0, 0.1) is 5.92 Å². The summed E-state index contributed by atoms with van der Waals surface area (Å²) in [5.41, 5.74) is 5.64. The summed E-state index contributed by atoms with van der Waals surface area (Å²) in [5, 5.41) is 2.83. The van der Waals surface area contributed by atoms with Crippen molar-refractivity contribution >= 4 is 6.09 Å². The van der Waals surface area contributed by atoms with Crippen LogP contribution in [0.4, 0.5) is 4.79 Å². The molecule has 4 nitrogen and oxygen atoms in total. The zero-order valence-corrected chi connectivity index (χ0v) is 19.0.